The van der Waals surface area contributed by atoms with Crippen LogP contribution in [0.2, 0.25) is 0 Å². The molecule has 0 heterocycles. The van der Waals surface area contributed by atoms with Crippen molar-refractivity contribution in [2.24, 2.45) is 0 Å². The van der Waals surface area contributed by atoms with Crippen molar-refractivity contribution in [1.82, 2.24) is 0 Å². The topological polar surface area (TPSA) is 89.7 Å². The number of halogens is 3. The fourth-order valence-corrected chi connectivity index (χ4v) is 1.96. The van der Waals surface area contributed by atoms with E-state index in [1.54, 1.807) is 0 Å². The van der Waals surface area contributed by atoms with Crippen LogP contribution in [-0.2, 0) is 0 Å². The van der Waals surface area contributed by atoms with Gasteiger partial charge in [-0.05, 0) is 12.1 Å². The van der Waals surface area contributed by atoms with Crippen molar-refractivity contribution in [3.8, 4) is 16.9 Å². The molecule has 0 saturated carbocycles. The van der Waals surface area contributed by atoms with Crippen molar-refractivity contribution in [3.05, 3.63) is 58.1 Å². The van der Waals surface area contributed by atoms with Gasteiger partial charge in [-0.15, -0.1) is 13.2 Å². The number of carboxylic acid groups (broad SMARTS) is 1. The second-order valence-electron chi connectivity index (χ2n) is 4.34. The third-order valence-corrected chi connectivity index (χ3v) is 2.85. The first-order chi connectivity index (χ1) is 10.7. The maximum atomic E-state index is 12.4. The van der Waals surface area contributed by atoms with E-state index in [1.807, 2.05) is 0 Å². The summed E-state index contributed by atoms with van der Waals surface area (Å²) in [7, 11) is 0. The Labute approximate surface area is 126 Å². The van der Waals surface area contributed by atoms with Crippen LogP contribution in [0.1, 0.15) is 10.4 Å². The van der Waals surface area contributed by atoms with E-state index in [1.165, 1.54) is 18.2 Å². The second kappa shape index (κ2) is 5.95. The SMILES string of the molecule is O=C(O)c1cc([N+](=O)[O-])ccc1-c1ccccc1OC(F)(F)F. The number of nitrogens with zero attached hydrogens (tertiary/aromatic N) is 1. The third-order valence-electron chi connectivity index (χ3n) is 2.85. The van der Waals surface area contributed by atoms with Gasteiger partial charge < -0.3 is 9.84 Å². The molecule has 2 aromatic rings. The standard InChI is InChI=1S/C14H8F3NO5/c15-14(16,17)23-12-4-2-1-3-10(12)9-6-5-8(18(21)22)7-11(9)13(19)20/h1-7H,(H,19,20). The Hall–Kier alpha value is -3.10. The Morgan fingerprint density at radius 3 is 2.35 bits per heavy atom. The van der Waals surface area contributed by atoms with Crippen LogP contribution in [0, 0.1) is 10.1 Å². The first-order valence-electron chi connectivity index (χ1n) is 6.06. The van der Waals surface area contributed by atoms with Crippen molar-refractivity contribution >= 4 is 11.7 Å². The number of hydrogen-bond acceptors (Lipinski definition) is 4. The fourth-order valence-electron chi connectivity index (χ4n) is 1.96. The zero-order valence-electron chi connectivity index (χ0n) is 11.2. The first kappa shape index (κ1) is 16.3. The molecule has 0 aliphatic carbocycles. The van der Waals surface area contributed by atoms with Gasteiger partial charge >= 0.3 is 12.3 Å². The van der Waals surface area contributed by atoms with E-state index in [0.29, 0.717) is 0 Å². The molecule has 0 aromatic heterocycles. The minimum absolute atomic E-state index is 0.122. The van der Waals surface area contributed by atoms with Gasteiger partial charge in [-0.1, -0.05) is 18.2 Å². The minimum atomic E-state index is -4.96. The van der Waals surface area contributed by atoms with Crippen LogP contribution in [0.4, 0.5) is 18.9 Å². The highest BCUT2D eigenvalue weighted by Crippen LogP contribution is 2.36. The van der Waals surface area contributed by atoms with Crippen molar-refractivity contribution in [1.29, 1.82) is 0 Å². The molecule has 6 nitrogen and oxygen atoms in total. The zero-order valence-corrected chi connectivity index (χ0v) is 11.2. The molecule has 0 atom stereocenters. The molecule has 2 rings (SSSR count). The number of rotatable bonds is 4. The van der Waals surface area contributed by atoms with Crippen LogP contribution in [0.3, 0.4) is 0 Å². The summed E-state index contributed by atoms with van der Waals surface area (Å²) in [5.74, 6) is -2.11. The molecule has 0 fully saturated rings. The summed E-state index contributed by atoms with van der Waals surface area (Å²) in [5, 5.41) is 19.9. The molecule has 0 amide bonds. The highest BCUT2D eigenvalue weighted by atomic mass is 19.4. The molecule has 0 aliphatic heterocycles. The molecule has 0 aliphatic rings. The number of nitro benzene ring substituents is 1. The van der Waals surface area contributed by atoms with Gasteiger partial charge in [-0.3, -0.25) is 10.1 Å². The number of hydrogen-bond donors (Lipinski definition) is 1. The predicted octanol–water partition coefficient (Wildman–Crippen LogP) is 3.86. The lowest BCUT2D eigenvalue weighted by Crippen LogP contribution is -2.17. The van der Waals surface area contributed by atoms with Crippen molar-refractivity contribution < 1.29 is 32.7 Å². The van der Waals surface area contributed by atoms with Gasteiger partial charge in [0.05, 0.1) is 10.5 Å². The number of benzene rings is 2. The predicted molar refractivity (Wildman–Crippen MR) is 72.2 cm³/mol. The molecular weight excluding hydrogens is 319 g/mol. The van der Waals surface area contributed by atoms with E-state index in [9.17, 15) is 33.2 Å². The number of nitro groups is 1. The molecule has 0 unspecified atom stereocenters. The molecule has 2 aromatic carbocycles. The van der Waals surface area contributed by atoms with E-state index >= 15 is 0 Å². The zero-order chi connectivity index (χ0) is 17.2. The molecular formula is C14H8F3NO5. The lowest BCUT2D eigenvalue weighted by atomic mass is 9.98. The van der Waals surface area contributed by atoms with Gasteiger partial charge in [-0.25, -0.2) is 4.79 Å². The van der Waals surface area contributed by atoms with Crippen molar-refractivity contribution in [2.45, 2.75) is 6.36 Å². The number of carboxylic acids is 1. The van der Waals surface area contributed by atoms with E-state index in [2.05, 4.69) is 4.74 Å². The molecule has 9 heteroatoms. The van der Waals surface area contributed by atoms with Gasteiger partial charge in [0.15, 0.2) is 0 Å². The van der Waals surface area contributed by atoms with Gasteiger partial charge in [0, 0.05) is 23.3 Å². The first-order valence-corrected chi connectivity index (χ1v) is 6.06. The quantitative estimate of drug-likeness (QED) is 0.680. The Kier molecular flexibility index (Phi) is 4.21. The second-order valence-corrected chi connectivity index (χ2v) is 4.34. The smallest absolute Gasteiger partial charge is 0.478 e. The fraction of sp³-hybridized carbons (Fsp3) is 0.0714. The maximum Gasteiger partial charge on any atom is 0.573 e. The Morgan fingerprint density at radius 1 is 1.13 bits per heavy atom. The van der Waals surface area contributed by atoms with Crippen LogP contribution in [0.5, 0.6) is 5.75 Å². The average molecular weight is 327 g/mol. The molecule has 23 heavy (non-hydrogen) atoms. The largest absolute Gasteiger partial charge is 0.573 e. The normalized spacial score (nSPS) is 11.1. The maximum absolute atomic E-state index is 12.4. The molecule has 0 saturated heterocycles. The van der Waals surface area contributed by atoms with Crippen LogP contribution in [0.15, 0.2) is 42.5 Å². The van der Waals surface area contributed by atoms with Crippen LogP contribution < -0.4 is 4.74 Å². The number of non-ortho nitro benzene ring substituents is 1. The number of alkyl halides is 3. The molecule has 120 valence electrons. The summed E-state index contributed by atoms with van der Waals surface area (Å²) in [6.07, 6.45) is -4.96. The van der Waals surface area contributed by atoms with Crippen LogP contribution >= 0.6 is 0 Å². The van der Waals surface area contributed by atoms with Crippen molar-refractivity contribution in [3.63, 3.8) is 0 Å². The number of aromatic carboxylic acids is 1. The van der Waals surface area contributed by atoms with Gasteiger partial charge in [0.2, 0.25) is 0 Å². The van der Waals surface area contributed by atoms with Gasteiger partial charge in [0.25, 0.3) is 5.69 Å². The van der Waals surface area contributed by atoms with Crippen molar-refractivity contribution in [2.75, 3.05) is 0 Å². The Bertz CT molecular complexity index is 773. The number of para-hydroxylation sites is 1. The summed E-state index contributed by atoms with van der Waals surface area (Å²) in [5.41, 5.74) is -1.25. The summed E-state index contributed by atoms with van der Waals surface area (Å²) < 4.78 is 41.2. The highest BCUT2D eigenvalue weighted by Gasteiger charge is 2.32. The Balaban J connectivity index is 2.63. The highest BCUT2D eigenvalue weighted by molar-refractivity contribution is 5.97. The molecule has 0 bridgehead atoms. The van der Waals surface area contributed by atoms with Crippen LogP contribution in [-0.4, -0.2) is 22.4 Å². The van der Waals surface area contributed by atoms with Gasteiger partial charge in [0.1, 0.15) is 5.75 Å². The average Bonchev–Trinajstić information content (AvgIpc) is 2.45. The summed E-state index contributed by atoms with van der Waals surface area (Å²) in [4.78, 5) is 21.2. The molecule has 0 radical (unpaired) electrons. The molecule has 1 N–H and O–H groups in total. The van der Waals surface area contributed by atoms with E-state index in [4.69, 9.17) is 0 Å². The third kappa shape index (κ3) is 3.76. The van der Waals surface area contributed by atoms with Crippen LogP contribution in [0.25, 0.3) is 11.1 Å². The number of carbonyl (C=O) groups is 1. The van der Waals surface area contributed by atoms with E-state index in [0.717, 1.165) is 24.3 Å². The lowest BCUT2D eigenvalue weighted by molar-refractivity contribution is -0.384. The summed E-state index contributed by atoms with van der Waals surface area (Å²) in [6.45, 7) is 0. The van der Waals surface area contributed by atoms with Gasteiger partial charge in [-0.2, -0.15) is 0 Å². The summed E-state index contributed by atoms with van der Waals surface area (Å²) >= 11 is 0. The summed E-state index contributed by atoms with van der Waals surface area (Å²) in [6, 6.07) is 7.79. The van der Waals surface area contributed by atoms with E-state index < -0.39 is 34.3 Å². The minimum Gasteiger partial charge on any atom is -0.478 e. The Morgan fingerprint density at radius 2 is 1.78 bits per heavy atom. The van der Waals surface area contributed by atoms with E-state index in [-0.39, 0.29) is 11.1 Å². The number of ether oxygens (including phenoxy) is 1. The lowest BCUT2D eigenvalue weighted by Gasteiger charge is -2.14. The molecule has 0 spiro atoms. The monoisotopic (exact) mass is 327 g/mol.